The molecule has 1 heterocycles. The molecule has 0 aliphatic carbocycles. The Hall–Kier alpha value is -2.37. The molecule has 0 unspecified atom stereocenters. The molecule has 0 spiro atoms. The highest BCUT2D eigenvalue weighted by molar-refractivity contribution is 5.49. The maximum absolute atomic E-state index is 12.5. The summed E-state index contributed by atoms with van der Waals surface area (Å²) in [5.74, 6) is 0.317. The van der Waals surface area contributed by atoms with Crippen molar-refractivity contribution in [3.8, 4) is 11.5 Å². The Balaban J connectivity index is 2.18. The number of aromatic nitrogens is 1. The molecule has 0 amide bonds. The number of hydrogen-bond acceptors (Lipinski definition) is 4. The highest BCUT2D eigenvalue weighted by Gasteiger charge is 2.15. The minimum Gasteiger partial charge on any atom is -0.493 e. The van der Waals surface area contributed by atoms with Crippen molar-refractivity contribution in [1.82, 2.24) is 4.98 Å². The molecule has 0 fully saturated rings. The van der Waals surface area contributed by atoms with E-state index in [4.69, 9.17) is 4.74 Å². The van der Waals surface area contributed by atoms with E-state index in [9.17, 15) is 8.78 Å². The third-order valence-corrected chi connectivity index (χ3v) is 2.63. The van der Waals surface area contributed by atoms with Crippen LogP contribution in [0.4, 0.5) is 14.5 Å². The van der Waals surface area contributed by atoms with E-state index in [0.717, 1.165) is 5.69 Å². The van der Waals surface area contributed by atoms with Gasteiger partial charge in [-0.3, -0.25) is 4.98 Å². The first-order valence-corrected chi connectivity index (χ1v) is 5.95. The number of nitrogens with zero attached hydrogens (tertiary/aromatic N) is 1. The zero-order valence-corrected chi connectivity index (χ0v) is 10.8. The molecule has 0 saturated carbocycles. The number of hydrogen-bond donors (Lipinski definition) is 1. The third-order valence-electron chi connectivity index (χ3n) is 2.63. The zero-order chi connectivity index (χ0) is 14.4. The van der Waals surface area contributed by atoms with Gasteiger partial charge in [0.1, 0.15) is 0 Å². The van der Waals surface area contributed by atoms with Crippen LogP contribution >= 0.6 is 0 Å². The van der Waals surface area contributed by atoms with E-state index in [0.29, 0.717) is 12.1 Å². The molecule has 0 bridgehead atoms. The van der Waals surface area contributed by atoms with Crippen LogP contribution in [0.1, 0.15) is 5.56 Å². The van der Waals surface area contributed by atoms with E-state index in [1.165, 1.54) is 7.11 Å². The first kappa shape index (κ1) is 14.0. The van der Waals surface area contributed by atoms with E-state index >= 15 is 0 Å². The van der Waals surface area contributed by atoms with Crippen molar-refractivity contribution in [2.75, 3.05) is 12.4 Å². The summed E-state index contributed by atoms with van der Waals surface area (Å²) in [5.41, 5.74) is 1.37. The summed E-state index contributed by atoms with van der Waals surface area (Å²) in [6, 6.07) is 8.61. The first-order chi connectivity index (χ1) is 9.70. The summed E-state index contributed by atoms with van der Waals surface area (Å²) < 4.78 is 34.5. The van der Waals surface area contributed by atoms with Gasteiger partial charge in [0.05, 0.1) is 12.8 Å². The maximum atomic E-state index is 12.5. The number of para-hydroxylation sites is 1. The van der Waals surface area contributed by atoms with Crippen LogP contribution in [0.15, 0.2) is 42.7 Å². The minimum atomic E-state index is -2.90. The van der Waals surface area contributed by atoms with Crippen LogP contribution in [-0.2, 0) is 6.54 Å². The van der Waals surface area contributed by atoms with Crippen LogP contribution in [0.2, 0.25) is 0 Å². The Labute approximate surface area is 115 Å². The van der Waals surface area contributed by atoms with E-state index in [-0.39, 0.29) is 11.5 Å². The smallest absolute Gasteiger partial charge is 0.387 e. The molecule has 1 aromatic carbocycles. The second kappa shape index (κ2) is 6.70. The van der Waals surface area contributed by atoms with Crippen molar-refractivity contribution < 1.29 is 18.3 Å². The van der Waals surface area contributed by atoms with Gasteiger partial charge in [-0.05, 0) is 18.2 Å². The normalized spacial score (nSPS) is 10.4. The topological polar surface area (TPSA) is 43.4 Å². The van der Waals surface area contributed by atoms with Gasteiger partial charge >= 0.3 is 6.61 Å². The fourth-order valence-electron chi connectivity index (χ4n) is 1.75. The molecule has 0 atom stereocenters. The number of halogens is 2. The van der Waals surface area contributed by atoms with Gasteiger partial charge in [0.25, 0.3) is 0 Å². The maximum Gasteiger partial charge on any atom is 0.387 e. The Morgan fingerprint density at radius 1 is 1.25 bits per heavy atom. The minimum absolute atomic E-state index is 0.0430. The molecule has 4 nitrogen and oxygen atoms in total. The molecule has 0 saturated heterocycles. The Morgan fingerprint density at radius 2 is 2.10 bits per heavy atom. The highest BCUT2D eigenvalue weighted by Crippen LogP contribution is 2.32. The average Bonchev–Trinajstić information content (AvgIpc) is 2.46. The van der Waals surface area contributed by atoms with Crippen molar-refractivity contribution in [3.05, 3.63) is 48.3 Å². The molecular weight excluding hydrogens is 266 g/mol. The fourth-order valence-corrected chi connectivity index (χ4v) is 1.75. The summed E-state index contributed by atoms with van der Waals surface area (Å²) in [6.07, 6.45) is 3.30. The Bertz CT molecular complexity index is 550. The van der Waals surface area contributed by atoms with Crippen LogP contribution in [0.25, 0.3) is 0 Å². The van der Waals surface area contributed by atoms with E-state index in [2.05, 4.69) is 15.0 Å². The quantitative estimate of drug-likeness (QED) is 0.881. The van der Waals surface area contributed by atoms with Gasteiger partial charge in [-0.15, -0.1) is 0 Å². The third kappa shape index (κ3) is 3.57. The Morgan fingerprint density at radius 3 is 2.75 bits per heavy atom. The zero-order valence-electron chi connectivity index (χ0n) is 10.8. The molecule has 0 aliphatic rings. The summed E-state index contributed by atoms with van der Waals surface area (Å²) in [5, 5.41) is 3.08. The Kier molecular flexibility index (Phi) is 4.70. The van der Waals surface area contributed by atoms with Gasteiger partial charge in [0.2, 0.25) is 0 Å². The number of methoxy groups -OCH3 is 1. The molecule has 1 N–H and O–H groups in total. The van der Waals surface area contributed by atoms with Gasteiger partial charge < -0.3 is 14.8 Å². The molecule has 2 rings (SSSR count). The largest absolute Gasteiger partial charge is 0.493 e. The lowest BCUT2D eigenvalue weighted by Gasteiger charge is -2.15. The van der Waals surface area contributed by atoms with Crippen molar-refractivity contribution in [2.45, 2.75) is 13.2 Å². The van der Waals surface area contributed by atoms with Gasteiger partial charge in [0.15, 0.2) is 11.5 Å². The van der Waals surface area contributed by atoms with Crippen LogP contribution in [0, 0.1) is 0 Å². The number of benzene rings is 1. The molecule has 1 aromatic heterocycles. The lowest BCUT2D eigenvalue weighted by Crippen LogP contribution is -2.08. The SMILES string of the molecule is COc1cccc(CNc2cccnc2)c1OC(F)F. The van der Waals surface area contributed by atoms with Crippen LogP contribution in [0.5, 0.6) is 11.5 Å². The summed E-state index contributed by atoms with van der Waals surface area (Å²) in [7, 11) is 1.41. The standard InChI is InChI=1S/C14H14F2N2O2/c1-19-12-6-2-4-10(13(12)20-14(15)16)8-18-11-5-3-7-17-9-11/h2-7,9,14,18H,8H2,1H3. The van der Waals surface area contributed by atoms with Gasteiger partial charge in [0, 0.05) is 24.5 Å². The summed E-state index contributed by atoms with van der Waals surface area (Å²) >= 11 is 0. The predicted octanol–water partition coefficient (Wildman–Crippen LogP) is 3.30. The van der Waals surface area contributed by atoms with Crippen molar-refractivity contribution in [2.24, 2.45) is 0 Å². The molecular formula is C14H14F2N2O2. The lowest BCUT2D eigenvalue weighted by atomic mass is 10.2. The summed E-state index contributed by atoms with van der Waals surface area (Å²) in [6.45, 7) is -2.58. The molecule has 20 heavy (non-hydrogen) atoms. The molecule has 0 aliphatic heterocycles. The lowest BCUT2D eigenvalue weighted by molar-refractivity contribution is -0.0517. The molecule has 6 heteroatoms. The van der Waals surface area contributed by atoms with Crippen molar-refractivity contribution in [1.29, 1.82) is 0 Å². The fraction of sp³-hybridized carbons (Fsp3) is 0.214. The summed E-state index contributed by atoms with van der Waals surface area (Å²) in [4.78, 5) is 3.96. The van der Waals surface area contributed by atoms with Gasteiger partial charge in [-0.2, -0.15) is 8.78 Å². The van der Waals surface area contributed by atoms with E-state index in [1.807, 2.05) is 6.07 Å². The number of ether oxygens (including phenoxy) is 2. The van der Waals surface area contributed by atoms with E-state index in [1.54, 1.807) is 36.7 Å². The second-order valence-corrected chi connectivity index (χ2v) is 3.92. The highest BCUT2D eigenvalue weighted by atomic mass is 19.3. The number of nitrogens with one attached hydrogen (secondary N) is 1. The number of pyridine rings is 1. The van der Waals surface area contributed by atoms with Gasteiger partial charge in [-0.25, -0.2) is 0 Å². The number of rotatable bonds is 6. The van der Waals surface area contributed by atoms with Crippen LogP contribution in [0.3, 0.4) is 0 Å². The van der Waals surface area contributed by atoms with Crippen LogP contribution < -0.4 is 14.8 Å². The monoisotopic (exact) mass is 280 g/mol. The van der Waals surface area contributed by atoms with E-state index < -0.39 is 6.61 Å². The van der Waals surface area contributed by atoms with Gasteiger partial charge in [-0.1, -0.05) is 12.1 Å². The first-order valence-electron chi connectivity index (χ1n) is 5.95. The predicted molar refractivity (Wildman–Crippen MR) is 71.2 cm³/mol. The molecule has 2 aromatic rings. The van der Waals surface area contributed by atoms with Crippen molar-refractivity contribution in [3.63, 3.8) is 0 Å². The second-order valence-electron chi connectivity index (χ2n) is 3.92. The molecule has 0 radical (unpaired) electrons. The number of anilines is 1. The van der Waals surface area contributed by atoms with Crippen molar-refractivity contribution >= 4 is 5.69 Å². The average molecular weight is 280 g/mol. The number of alkyl halides is 2. The molecule has 106 valence electrons. The van der Waals surface area contributed by atoms with Crippen LogP contribution in [-0.4, -0.2) is 18.7 Å².